The number of Topliss-reactive ketones (excluding diaryl/α,β-unsaturated/α-hetero) is 1. The van der Waals surface area contributed by atoms with Crippen molar-refractivity contribution in [2.45, 2.75) is 20.3 Å². The number of halogens is 3. The van der Waals surface area contributed by atoms with Crippen LogP contribution in [0.3, 0.4) is 0 Å². The fraction of sp³-hybridized carbons (Fsp3) is 0.300. The highest BCUT2D eigenvalue weighted by molar-refractivity contribution is 6.34. The van der Waals surface area contributed by atoms with Crippen molar-refractivity contribution in [3.8, 4) is 0 Å². The molecule has 0 fully saturated rings. The smallest absolute Gasteiger partial charge is 0.264 e. The third-order valence-corrected chi connectivity index (χ3v) is 2.28. The molecule has 0 radical (unpaired) electrons. The molecule has 14 heavy (non-hydrogen) atoms. The maximum atomic E-state index is 12.4. The molecule has 0 spiro atoms. The van der Waals surface area contributed by atoms with E-state index in [1.165, 1.54) is 19.9 Å². The van der Waals surface area contributed by atoms with Gasteiger partial charge in [0, 0.05) is 11.1 Å². The maximum absolute atomic E-state index is 12.4. The van der Waals surface area contributed by atoms with E-state index in [1.807, 2.05) is 0 Å². The van der Waals surface area contributed by atoms with Gasteiger partial charge in [-0.2, -0.15) is 0 Å². The van der Waals surface area contributed by atoms with Crippen LogP contribution in [0.1, 0.15) is 34.8 Å². The third kappa shape index (κ3) is 2.10. The molecule has 0 N–H and O–H groups in total. The molecule has 0 heterocycles. The Morgan fingerprint density at radius 2 is 2.00 bits per heavy atom. The van der Waals surface area contributed by atoms with E-state index >= 15 is 0 Å². The number of rotatable bonds is 2. The number of benzene rings is 1. The molecular weight excluding hydrogens is 210 g/mol. The van der Waals surface area contributed by atoms with Crippen LogP contribution in [-0.2, 0) is 0 Å². The molecule has 0 bridgehead atoms. The van der Waals surface area contributed by atoms with Gasteiger partial charge in [0.1, 0.15) is 0 Å². The molecule has 0 aliphatic carbocycles. The first-order valence-electron chi connectivity index (χ1n) is 4.02. The predicted octanol–water partition coefficient (Wildman–Crippen LogP) is 3.79. The van der Waals surface area contributed by atoms with Gasteiger partial charge in [0.25, 0.3) is 6.43 Å². The molecule has 0 saturated heterocycles. The summed E-state index contributed by atoms with van der Waals surface area (Å²) in [6.45, 7) is 2.84. The van der Waals surface area contributed by atoms with E-state index in [-0.39, 0.29) is 21.9 Å². The van der Waals surface area contributed by atoms with Gasteiger partial charge >= 0.3 is 0 Å². The molecule has 0 unspecified atom stereocenters. The van der Waals surface area contributed by atoms with Gasteiger partial charge in [-0.15, -0.1) is 0 Å². The van der Waals surface area contributed by atoms with E-state index in [9.17, 15) is 13.6 Å². The van der Waals surface area contributed by atoms with Gasteiger partial charge in [0.15, 0.2) is 5.78 Å². The fourth-order valence-electron chi connectivity index (χ4n) is 1.19. The second-order valence-electron chi connectivity index (χ2n) is 3.05. The summed E-state index contributed by atoms with van der Waals surface area (Å²) in [4.78, 5) is 11.0. The lowest BCUT2D eigenvalue weighted by Gasteiger charge is -2.08. The summed E-state index contributed by atoms with van der Waals surface area (Å²) in [5.41, 5.74) is 0.405. The monoisotopic (exact) mass is 218 g/mol. The summed E-state index contributed by atoms with van der Waals surface area (Å²) in [6, 6.07) is 2.55. The number of hydrogen-bond acceptors (Lipinski definition) is 1. The Morgan fingerprint density at radius 3 is 2.43 bits per heavy atom. The van der Waals surface area contributed by atoms with Gasteiger partial charge in [-0.3, -0.25) is 4.79 Å². The van der Waals surface area contributed by atoms with Gasteiger partial charge in [-0.25, -0.2) is 8.78 Å². The van der Waals surface area contributed by atoms with Crippen LogP contribution in [0.4, 0.5) is 8.78 Å². The highest BCUT2D eigenvalue weighted by atomic mass is 35.5. The van der Waals surface area contributed by atoms with Crippen molar-refractivity contribution in [2.24, 2.45) is 0 Å². The van der Waals surface area contributed by atoms with Crippen molar-refractivity contribution in [1.29, 1.82) is 0 Å². The molecule has 76 valence electrons. The van der Waals surface area contributed by atoms with Crippen LogP contribution in [0.5, 0.6) is 0 Å². The minimum absolute atomic E-state index is 0.139. The zero-order chi connectivity index (χ0) is 10.9. The van der Waals surface area contributed by atoms with E-state index in [2.05, 4.69) is 0 Å². The van der Waals surface area contributed by atoms with Gasteiger partial charge in [-0.05, 0) is 31.5 Å². The highest BCUT2D eigenvalue weighted by Crippen LogP contribution is 2.28. The number of alkyl halides is 2. The zero-order valence-electron chi connectivity index (χ0n) is 7.77. The van der Waals surface area contributed by atoms with Crippen LogP contribution in [0.25, 0.3) is 0 Å². The van der Waals surface area contributed by atoms with Gasteiger partial charge in [-0.1, -0.05) is 11.6 Å². The molecule has 1 aromatic carbocycles. The fourth-order valence-corrected chi connectivity index (χ4v) is 1.55. The van der Waals surface area contributed by atoms with E-state index < -0.39 is 6.43 Å². The largest absolute Gasteiger partial charge is 0.294 e. The maximum Gasteiger partial charge on any atom is 0.264 e. The van der Waals surface area contributed by atoms with Crippen molar-refractivity contribution in [3.63, 3.8) is 0 Å². The van der Waals surface area contributed by atoms with Gasteiger partial charge in [0.05, 0.1) is 5.02 Å². The Balaban J connectivity index is 3.34. The Labute approximate surface area is 85.7 Å². The molecule has 0 aliphatic rings. The summed E-state index contributed by atoms with van der Waals surface area (Å²) in [5.74, 6) is -0.308. The van der Waals surface area contributed by atoms with Crippen molar-refractivity contribution in [1.82, 2.24) is 0 Å². The van der Waals surface area contributed by atoms with Gasteiger partial charge < -0.3 is 0 Å². The van der Waals surface area contributed by atoms with Crippen molar-refractivity contribution in [3.05, 3.63) is 33.8 Å². The highest BCUT2D eigenvalue weighted by Gasteiger charge is 2.15. The summed E-state index contributed by atoms with van der Waals surface area (Å²) in [6.07, 6.45) is -2.58. The minimum atomic E-state index is -2.58. The predicted molar refractivity (Wildman–Crippen MR) is 51.2 cm³/mol. The molecule has 0 aromatic heterocycles. The molecule has 0 atom stereocenters. The zero-order valence-corrected chi connectivity index (χ0v) is 8.53. The van der Waals surface area contributed by atoms with Gasteiger partial charge in [0.2, 0.25) is 0 Å². The first-order valence-corrected chi connectivity index (χ1v) is 4.40. The SMILES string of the molecule is CC(=O)c1cc(C(F)F)c(C)cc1Cl. The lowest BCUT2D eigenvalue weighted by molar-refractivity contribution is 0.101. The third-order valence-electron chi connectivity index (χ3n) is 1.97. The van der Waals surface area contributed by atoms with E-state index in [1.54, 1.807) is 0 Å². The first-order chi connectivity index (χ1) is 6.43. The number of carbonyl (C=O) groups is 1. The average molecular weight is 219 g/mol. The summed E-state index contributed by atoms with van der Waals surface area (Å²) >= 11 is 5.74. The van der Waals surface area contributed by atoms with Crippen molar-refractivity contribution < 1.29 is 13.6 Å². The number of carbonyl (C=O) groups excluding carboxylic acids is 1. The average Bonchev–Trinajstić information content (AvgIpc) is 2.02. The molecule has 0 amide bonds. The second-order valence-corrected chi connectivity index (χ2v) is 3.45. The molecule has 4 heteroatoms. The summed E-state index contributed by atoms with van der Waals surface area (Å²) in [5, 5.41) is 0.222. The summed E-state index contributed by atoms with van der Waals surface area (Å²) in [7, 11) is 0. The van der Waals surface area contributed by atoms with E-state index in [0.717, 1.165) is 6.07 Å². The van der Waals surface area contributed by atoms with Crippen LogP contribution in [0.15, 0.2) is 12.1 Å². The van der Waals surface area contributed by atoms with Crippen LogP contribution in [0, 0.1) is 6.92 Å². The quantitative estimate of drug-likeness (QED) is 0.691. The topological polar surface area (TPSA) is 17.1 Å². The van der Waals surface area contributed by atoms with E-state index in [0.29, 0.717) is 5.56 Å². The van der Waals surface area contributed by atoms with Crippen LogP contribution < -0.4 is 0 Å². The van der Waals surface area contributed by atoms with Crippen molar-refractivity contribution >= 4 is 17.4 Å². The molecule has 1 rings (SSSR count). The molecule has 0 aliphatic heterocycles. The number of hydrogen-bond donors (Lipinski definition) is 0. The Bertz CT molecular complexity index is 375. The lowest BCUT2D eigenvalue weighted by Crippen LogP contribution is -1.98. The molecule has 1 nitrogen and oxygen atoms in total. The normalized spacial score (nSPS) is 10.7. The molecular formula is C10H9ClF2O. The Kier molecular flexibility index (Phi) is 3.21. The second kappa shape index (κ2) is 4.05. The first kappa shape index (κ1) is 11.1. The minimum Gasteiger partial charge on any atom is -0.294 e. The molecule has 0 saturated carbocycles. The standard InChI is InChI=1S/C10H9ClF2O/c1-5-3-9(11)8(6(2)14)4-7(5)10(12)13/h3-4,10H,1-2H3. The van der Waals surface area contributed by atoms with Crippen LogP contribution in [0.2, 0.25) is 5.02 Å². The summed E-state index contributed by atoms with van der Waals surface area (Å²) < 4.78 is 24.9. The van der Waals surface area contributed by atoms with Crippen LogP contribution >= 0.6 is 11.6 Å². The Hall–Kier alpha value is -0.960. The van der Waals surface area contributed by atoms with Crippen molar-refractivity contribution in [2.75, 3.05) is 0 Å². The number of ketones is 1. The number of aryl methyl sites for hydroxylation is 1. The van der Waals surface area contributed by atoms with Crippen LogP contribution in [-0.4, -0.2) is 5.78 Å². The molecule has 1 aromatic rings. The lowest BCUT2D eigenvalue weighted by atomic mass is 10.0. The Morgan fingerprint density at radius 1 is 1.43 bits per heavy atom. The van der Waals surface area contributed by atoms with E-state index in [4.69, 9.17) is 11.6 Å².